The van der Waals surface area contributed by atoms with E-state index >= 15 is 0 Å². The molecule has 1 aromatic heterocycles. The fourth-order valence-electron chi connectivity index (χ4n) is 1.49. The lowest BCUT2D eigenvalue weighted by Gasteiger charge is -2.07. The Bertz CT molecular complexity index is 297. The molecule has 0 saturated heterocycles. The van der Waals surface area contributed by atoms with Gasteiger partial charge in [0.05, 0.1) is 5.69 Å². The van der Waals surface area contributed by atoms with Crippen LogP contribution in [0.25, 0.3) is 0 Å². The van der Waals surface area contributed by atoms with Crippen LogP contribution < -0.4 is 5.73 Å². The Balaban J connectivity index is 2.39. The number of hydrogen-bond donors (Lipinski definition) is 1. The molecule has 2 nitrogen and oxygen atoms in total. The molecule has 4 heteroatoms. The Labute approximate surface area is 107 Å². The fourth-order valence-corrected chi connectivity index (χ4v) is 3.10. The van der Waals surface area contributed by atoms with Crippen molar-refractivity contribution < 1.29 is 0 Å². The molecule has 0 aliphatic heterocycles. The average molecular weight is 258 g/mol. The summed E-state index contributed by atoms with van der Waals surface area (Å²) < 4.78 is 0. The van der Waals surface area contributed by atoms with Crippen LogP contribution in [0, 0.1) is 0 Å². The third kappa shape index (κ3) is 5.32. The Morgan fingerprint density at radius 1 is 1.50 bits per heavy atom. The van der Waals surface area contributed by atoms with E-state index in [1.54, 1.807) is 11.3 Å². The zero-order chi connectivity index (χ0) is 12.0. The molecule has 1 heterocycles. The zero-order valence-corrected chi connectivity index (χ0v) is 12.0. The van der Waals surface area contributed by atoms with Gasteiger partial charge < -0.3 is 5.73 Å². The van der Waals surface area contributed by atoms with Crippen molar-refractivity contribution in [2.45, 2.75) is 57.1 Å². The molecule has 1 aromatic rings. The molecule has 0 spiro atoms. The minimum absolute atomic E-state index is 0.276. The second-order valence-corrected chi connectivity index (χ2v) is 6.85. The summed E-state index contributed by atoms with van der Waals surface area (Å²) in [6.07, 6.45) is 3.17. The number of thioether (sulfide) groups is 1. The van der Waals surface area contributed by atoms with E-state index in [-0.39, 0.29) is 6.04 Å². The first-order chi connectivity index (χ1) is 7.61. The van der Waals surface area contributed by atoms with Crippen LogP contribution in [0.1, 0.15) is 44.3 Å². The molecule has 0 fully saturated rings. The number of rotatable bonds is 7. The summed E-state index contributed by atoms with van der Waals surface area (Å²) in [6, 6.07) is 0.276. The van der Waals surface area contributed by atoms with Gasteiger partial charge in [0.2, 0.25) is 0 Å². The fraction of sp³-hybridized carbons (Fsp3) is 0.750. The molecule has 0 aromatic carbocycles. The molecule has 16 heavy (non-hydrogen) atoms. The van der Waals surface area contributed by atoms with Crippen molar-refractivity contribution in [2.24, 2.45) is 5.73 Å². The van der Waals surface area contributed by atoms with Gasteiger partial charge in [-0.1, -0.05) is 27.2 Å². The largest absolute Gasteiger partial charge is 0.327 e. The third-order valence-corrected chi connectivity index (χ3v) is 4.46. The van der Waals surface area contributed by atoms with Crippen molar-refractivity contribution in [3.8, 4) is 0 Å². The van der Waals surface area contributed by atoms with Crippen molar-refractivity contribution in [3.05, 3.63) is 16.1 Å². The first kappa shape index (κ1) is 14.0. The van der Waals surface area contributed by atoms with Crippen LogP contribution in [0.3, 0.4) is 0 Å². The van der Waals surface area contributed by atoms with E-state index in [1.165, 1.54) is 10.7 Å². The number of aromatic nitrogens is 1. The molecule has 1 rings (SSSR count). The quantitative estimate of drug-likeness (QED) is 0.814. The maximum atomic E-state index is 6.01. The molecule has 0 bridgehead atoms. The van der Waals surface area contributed by atoms with Crippen molar-refractivity contribution in [1.29, 1.82) is 0 Å². The van der Waals surface area contributed by atoms with Gasteiger partial charge in [0.15, 0.2) is 0 Å². The van der Waals surface area contributed by atoms with Gasteiger partial charge in [-0.2, -0.15) is 11.8 Å². The topological polar surface area (TPSA) is 38.9 Å². The number of nitrogens with zero attached hydrogens (tertiary/aromatic N) is 1. The lowest BCUT2D eigenvalue weighted by molar-refractivity contribution is 0.594. The highest BCUT2D eigenvalue weighted by Crippen LogP contribution is 2.20. The zero-order valence-electron chi connectivity index (χ0n) is 10.4. The monoisotopic (exact) mass is 258 g/mol. The molecule has 0 radical (unpaired) electrons. The second kappa shape index (κ2) is 7.30. The van der Waals surface area contributed by atoms with Crippen molar-refractivity contribution in [1.82, 2.24) is 4.98 Å². The van der Waals surface area contributed by atoms with E-state index < -0.39 is 0 Å². The van der Waals surface area contributed by atoms with Gasteiger partial charge in [0.1, 0.15) is 5.01 Å². The summed E-state index contributed by atoms with van der Waals surface area (Å²) >= 11 is 3.71. The van der Waals surface area contributed by atoms with Crippen LogP contribution in [0.2, 0.25) is 0 Å². The Morgan fingerprint density at radius 3 is 2.88 bits per heavy atom. The predicted octanol–water partition coefficient (Wildman–Crippen LogP) is 3.45. The lowest BCUT2D eigenvalue weighted by Crippen LogP contribution is -2.22. The van der Waals surface area contributed by atoms with Crippen molar-refractivity contribution >= 4 is 23.1 Å². The smallest absolute Gasteiger partial charge is 0.103 e. The highest BCUT2D eigenvalue weighted by molar-refractivity contribution is 7.99. The van der Waals surface area contributed by atoms with E-state index in [2.05, 4.69) is 31.1 Å². The standard InChI is InChI=1S/C12H22N2S2/c1-4-5-10(13)6-11-7-16-12(14-11)8-15-9(2)3/h7,9-10H,4-6,8,13H2,1-3H3. The Hall–Kier alpha value is -0.0600. The summed E-state index contributed by atoms with van der Waals surface area (Å²) in [6.45, 7) is 6.61. The summed E-state index contributed by atoms with van der Waals surface area (Å²) in [4.78, 5) is 4.62. The third-order valence-electron chi connectivity index (χ3n) is 2.27. The molecule has 92 valence electrons. The average Bonchev–Trinajstić information content (AvgIpc) is 2.63. The summed E-state index contributed by atoms with van der Waals surface area (Å²) in [7, 11) is 0. The Kier molecular flexibility index (Phi) is 6.39. The molecule has 0 saturated carbocycles. The maximum Gasteiger partial charge on any atom is 0.103 e. The molecule has 1 unspecified atom stereocenters. The molecule has 1 atom stereocenters. The van der Waals surface area contributed by atoms with Gasteiger partial charge in [0, 0.05) is 23.6 Å². The summed E-state index contributed by atoms with van der Waals surface area (Å²) in [5.41, 5.74) is 7.18. The number of nitrogens with two attached hydrogens (primary N) is 1. The number of hydrogen-bond acceptors (Lipinski definition) is 4. The van der Waals surface area contributed by atoms with Gasteiger partial charge in [0.25, 0.3) is 0 Å². The van der Waals surface area contributed by atoms with E-state index in [1.807, 2.05) is 11.8 Å². The van der Waals surface area contributed by atoms with Crippen LogP contribution in [0.15, 0.2) is 5.38 Å². The van der Waals surface area contributed by atoms with Crippen LogP contribution >= 0.6 is 23.1 Å². The van der Waals surface area contributed by atoms with Gasteiger partial charge in [-0.15, -0.1) is 11.3 Å². The molecule has 0 aliphatic rings. The van der Waals surface area contributed by atoms with E-state index in [4.69, 9.17) is 5.73 Å². The summed E-state index contributed by atoms with van der Waals surface area (Å²) in [5, 5.41) is 4.07. The first-order valence-electron chi connectivity index (χ1n) is 5.92. The maximum absolute atomic E-state index is 6.01. The van der Waals surface area contributed by atoms with Crippen molar-refractivity contribution in [3.63, 3.8) is 0 Å². The van der Waals surface area contributed by atoms with Crippen LogP contribution in [-0.2, 0) is 12.2 Å². The highest BCUT2D eigenvalue weighted by atomic mass is 32.2. The number of thiazole rings is 1. The van der Waals surface area contributed by atoms with Crippen LogP contribution in [0.4, 0.5) is 0 Å². The normalized spacial score (nSPS) is 13.3. The van der Waals surface area contributed by atoms with Crippen molar-refractivity contribution in [2.75, 3.05) is 0 Å². The van der Waals surface area contributed by atoms with Crippen LogP contribution in [0.5, 0.6) is 0 Å². The summed E-state index contributed by atoms with van der Waals surface area (Å²) in [5.74, 6) is 1.03. The predicted molar refractivity (Wildman–Crippen MR) is 75.1 cm³/mol. The lowest BCUT2D eigenvalue weighted by atomic mass is 10.1. The molecule has 2 N–H and O–H groups in total. The van der Waals surface area contributed by atoms with Crippen LogP contribution in [-0.4, -0.2) is 16.3 Å². The molecular weight excluding hydrogens is 236 g/mol. The van der Waals surface area contributed by atoms with Gasteiger partial charge in [-0.25, -0.2) is 4.98 Å². The Morgan fingerprint density at radius 2 is 2.25 bits per heavy atom. The second-order valence-electron chi connectivity index (χ2n) is 4.35. The SMILES string of the molecule is CCCC(N)Cc1csc(CSC(C)C)n1. The van der Waals surface area contributed by atoms with Gasteiger partial charge >= 0.3 is 0 Å². The molecule has 0 amide bonds. The van der Waals surface area contributed by atoms with E-state index in [9.17, 15) is 0 Å². The van der Waals surface area contributed by atoms with E-state index in [0.717, 1.165) is 25.0 Å². The minimum Gasteiger partial charge on any atom is -0.327 e. The molecule has 0 aliphatic carbocycles. The van der Waals surface area contributed by atoms with Gasteiger partial charge in [-0.05, 0) is 11.7 Å². The minimum atomic E-state index is 0.276. The first-order valence-corrected chi connectivity index (χ1v) is 7.85. The van der Waals surface area contributed by atoms with Gasteiger partial charge in [-0.3, -0.25) is 0 Å². The highest BCUT2D eigenvalue weighted by Gasteiger charge is 2.07. The molecular formula is C12H22N2S2. The van der Waals surface area contributed by atoms with E-state index in [0.29, 0.717) is 5.25 Å².